The van der Waals surface area contributed by atoms with E-state index in [1.54, 1.807) is 3.58 Å². The molecule has 0 saturated heterocycles. The van der Waals surface area contributed by atoms with Crippen LogP contribution in [0.2, 0.25) is 13.3 Å². The summed E-state index contributed by atoms with van der Waals surface area (Å²) in [5, 5.41) is 0. The van der Waals surface area contributed by atoms with Crippen molar-refractivity contribution in [1.82, 2.24) is 0 Å². The van der Waals surface area contributed by atoms with E-state index in [0.717, 1.165) is 0 Å². The summed E-state index contributed by atoms with van der Waals surface area (Å²) < 4.78 is 11.4. The molecule has 0 heterocycles. The number of hydrogen-bond acceptors (Lipinski definition) is 2. The number of primary amides is 1. The van der Waals surface area contributed by atoms with Crippen LogP contribution >= 0.6 is 0 Å². The molecule has 0 aliphatic rings. The molecule has 2 N–H and O–H groups in total. The first-order chi connectivity index (χ1) is 12.8. The Kier molecular flexibility index (Phi) is 10.8. The molecule has 154 valence electrons. The van der Waals surface area contributed by atoms with Crippen molar-refractivity contribution in [2.75, 3.05) is 0 Å². The van der Waals surface area contributed by atoms with Crippen LogP contribution in [0.1, 0.15) is 78.7 Å². The van der Waals surface area contributed by atoms with Crippen LogP contribution in [0, 0.1) is 0 Å². The van der Waals surface area contributed by atoms with Crippen LogP contribution in [0.4, 0.5) is 4.79 Å². The Morgan fingerprint density at radius 1 is 0.926 bits per heavy atom. The van der Waals surface area contributed by atoms with E-state index in [2.05, 4.69) is 45.0 Å². The predicted molar refractivity (Wildman–Crippen MR) is 119 cm³/mol. The van der Waals surface area contributed by atoms with E-state index in [-0.39, 0.29) is 0 Å². The first kappa shape index (κ1) is 24.3. The second-order valence-electron chi connectivity index (χ2n) is 8.65. The SMILES string of the molecule is CCC[CH2][Sn]([CH2]CCC)([CH2]CCC)[c]1ccc(CC(C)(C)OC(N)=O)cc1. The fourth-order valence-corrected chi connectivity index (χ4v) is 20.1. The summed E-state index contributed by atoms with van der Waals surface area (Å²) in [5.74, 6) is 0. The molecule has 1 amide bonds. The molecule has 0 aliphatic heterocycles. The van der Waals surface area contributed by atoms with Gasteiger partial charge in [-0.3, -0.25) is 0 Å². The standard InChI is InChI=1S/C11H14NO2.3C4H9.Sn/c1-11(2,14-10(12)13)8-9-6-4-3-5-7-9;3*1-3-4-2;/h4-7H,8H2,1-2H3,(H2,12,13);3*1,3-4H2,2H3;. The molecule has 27 heavy (non-hydrogen) atoms. The minimum atomic E-state index is -2.35. The average molecular weight is 482 g/mol. The van der Waals surface area contributed by atoms with E-state index >= 15 is 0 Å². The number of ether oxygens (including phenoxy) is 1. The molecule has 0 radical (unpaired) electrons. The van der Waals surface area contributed by atoms with Crippen molar-refractivity contribution in [3.63, 3.8) is 0 Å². The van der Waals surface area contributed by atoms with Gasteiger partial charge < -0.3 is 0 Å². The predicted octanol–water partition coefficient (Wildman–Crippen LogP) is 6.16. The molecule has 0 aliphatic carbocycles. The van der Waals surface area contributed by atoms with Crippen molar-refractivity contribution >= 4 is 28.0 Å². The van der Waals surface area contributed by atoms with Crippen molar-refractivity contribution < 1.29 is 9.53 Å². The van der Waals surface area contributed by atoms with E-state index < -0.39 is 30.1 Å². The number of carbonyl (C=O) groups is 1. The zero-order chi connectivity index (χ0) is 20.3. The summed E-state index contributed by atoms with van der Waals surface area (Å²) in [6.45, 7) is 10.8. The van der Waals surface area contributed by atoms with Crippen molar-refractivity contribution in [2.45, 2.75) is 98.5 Å². The number of hydrogen-bond donors (Lipinski definition) is 1. The second-order valence-corrected chi connectivity index (χ2v) is 21.9. The van der Waals surface area contributed by atoms with Crippen LogP contribution in [0.15, 0.2) is 24.3 Å². The Hall–Kier alpha value is -0.711. The molecule has 1 rings (SSSR count). The fourth-order valence-electron chi connectivity index (χ4n) is 4.13. The molecule has 4 heteroatoms. The van der Waals surface area contributed by atoms with Crippen LogP contribution in [0.25, 0.3) is 0 Å². The van der Waals surface area contributed by atoms with Crippen molar-refractivity contribution in [1.29, 1.82) is 0 Å². The zero-order valence-electron chi connectivity index (χ0n) is 18.3. The van der Waals surface area contributed by atoms with Crippen LogP contribution in [-0.2, 0) is 11.2 Å². The van der Waals surface area contributed by atoms with Gasteiger partial charge in [-0.2, -0.15) is 0 Å². The molecule has 0 aromatic heterocycles. The molecule has 0 unspecified atom stereocenters. The summed E-state index contributed by atoms with van der Waals surface area (Å²) in [5.41, 5.74) is 5.85. The second kappa shape index (κ2) is 12.0. The zero-order valence-corrected chi connectivity index (χ0v) is 21.1. The maximum absolute atomic E-state index is 11.1. The summed E-state index contributed by atoms with van der Waals surface area (Å²) in [4.78, 5) is 11.1. The van der Waals surface area contributed by atoms with Crippen LogP contribution in [0.5, 0.6) is 0 Å². The van der Waals surface area contributed by atoms with Gasteiger partial charge in [0, 0.05) is 0 Å². The Labute approximate surface area is 171 Å². The Morgan fingerprint density at radius 3 is 1.74 bits per heavy atom. The molecule has 0 bridgehead atoms. The topological polar surface area (TPSA) is 52.3 Å². The third kappa shape index (κ3) is 8.45. The van der Waals surface area contributed by atoms with Crippen LogP contribution in [-0.4, -0.2) is 30.1 Å². The van der Waals surface area contributed by atoms with Gasteiger partial charge in [0.15, 0.2) is 0 Å². The number of carbonyl (C=O) groups excluding carboxylic acids is 1. The first-order valence-corrected chi connectivity index (χ1v) is 18.3. The third-order valence-corrected chi connectivity index (χ3v) is 21.3. The number of rotatable bonds is 13. The molecule has 1 aromatic rings. The molecule has 3 nitrogen and oxygen atoms in total. The van der Waals surface area contributed by atoms with Gasteiger partial charge in [-0.05, 0) is 0 Å². The van der Waals surface area contributed by atoms with Crippen LogP contribution in [0.3, 0.4) is 0 Å². The van der Waals surface area contributed by atoms with Gasteiger partial charge >= 0.3 is 172 Å². The maximum atomic E-state index is 11.1. The normalized spacial score (nSPS) is 12.2. The van der Waals surface area contributed by atoms with Crippen LogP contribution < -0.4 is 9.31 Å². The summed E-state index contributed by atoms with van der Waals surface area (Å²) in [6, 6.07) is 9.34. The molecule has 0 atom stereocenters. The Morgan fingerprint density at radius 2 is 1.37 bits per heavy atom. The Bertz CT molecular complexity index is 532. The number of benzene rings is 1. The van der Waals surface area contributed by atoms with Gasteiger partial charge in [-0.1, -0.05) is 0 Å². The van der Waals surface area contributed by atoms with Crippen molar-refractivity contribution in [3.05, 3.63) is 29.8 Å². The van der Waals surface area contributed by atoms with Gasteiger partial charge in [0.25, 0.3) is 0 Å². The first-order valence-electron chi connectivity index (χ1n) is 10.9. The van der Waals surface area contributed by atoms with Gasteiger partial charge in [-0.25, -0.2) is 0 Å². The molecule has 0 saturated carbocycles. The fraction of sp³-hybridized carbons (Fsp3) is 0.696. The van der Waals surface area contributed by atoms with Crippen molar-refractivity contribution in [3.8, 4) is 0 Å². The van der Waals surface area contributed by atoms with E-state index in [1.807, 2.05) is 13.8 Å². The third-order valence-electron chi connectivity index (χ3n) is 5.60. The molecular formula is C23H41NO2Sn. The van der Waals surface area contributed by atoms with Gasteiger partial charge in [-0.15, -0.1) is 0 Å². The Balaban J connectivity index is 3.05. The monoisotopic (exact) mass is 483 g/mol. The van der Waals surface area contributed by atoms with Gasteiger partial charge in [0.05, 0.1) is 0 Å². The van der Waals surface area contributed by atoms with Gasteiger partial charge in [0.1, 0.15) is 0 Å². The number of amides is 1. The summed E-state index contributed by atoms with van der Waals surface area (Å²) in [7, 11) is 0. The van der Waals surface area contributed by atoms with E-state index in [0.29, 0.717) is 6.42 Å². The molecular weight excluding hydrogens is 441 g/mol. The van der Waals surface area contributed by atoms with E-state index in [1.165, 1.54) is 57.4 Å². The minimum absolute atomic E-state index is 0.569. The molecule has 0 spiro atoms. The summed E-state index contributed by atoms with van der Waals surface area (Å²) in [6.07, 6.45) is 8.03. The quantitative estimate of drug-likeness (QED) is 0.343. The molecule has 1 aromatic carbocycles. The van der Waals surface area contributed by atoms with Gasteiger partial charge in [0.2, 0.25) is 0 Å². The molecule has 0 fully saturated rings. The van der Waals surface area contributed by atoms with Crippen molar-refractivity contribution in [2.24, 2.45) is 5.73 Å². The number of nitrogens with two attached hydrogens (primary N) is 1. The number of unbranched alkanes of at least 4 members (excludes halogenated alkanes) is 3. The van der Waals surface area contributed by atoms with E-state index in [4.69, 9.17) is 10.5 Å². The average Bonchev–Trinajstić information content (AvgIpc) is 2.61. The van der Waals surface area contributed by atoms with E-state index in [9.17, 15) is 4.79 Å². The summed E-state index contributed by atoms with van der Waals surface area (Å²) >= 11 is -2.35.